The van der Waals surface area contributed by atoms with Gasteiger partial charge in [0.15, 0.2) is 0 Å². The average molecular weight is 472 g/mol. The Bertz CT molecular complexity index is 1030. The molecule has 0 spiro atoms. The molecule has 0 radical (unpaired) electrons. The maximum atomic E-state index is 12.9. The van der Waals surface area contributed by atoms with Gasteiger partial charge in [0.1, 0.15) is 24.4 Å². The quantitative estimate of drug-likeness (QED) is 0.333. The summed E-state index contributed by atoms with van der Waals surface area (Å²) in [5.41, 5.74) is 6.37. The predicted octanol–water partition coefficient (Wildman–Crippen LogP) is 2.07. The second kappa shape index (κ2) is 12.2. The first-order chi connectivity index (χ1) is 16.1. The highest BCUT2D eigenvalue weighted by Gasteiger charge is 2.29. The van der Waals surface area contributed by atoms with Crippen LogP contribution in [0.5, 0.6) is 5.75 Å². The first kappa shape index (κ1) is 26.1. The number of hydrogen-bond acceptors (Lipinski definition) is 7. The zero-order chi connectivity index (χ0) is 25.3. The zero-order valence-corrected chi connectivity index (χ0v) is 19.1. The van der Waals surface area contributed by atoms with Gasteiger partial charge in [0, 0.05) is 24.1 Å². The Kier molecular flexibility index (Phi) is 9.36. The van der Waals surface area contributed by atoms with E-state index < -0.39 is 34.9 Å². The van der Waals surface area contributed by atoms with Crippen molar-refractivity contribution in [2.24, 2.45) is 11.7 Å². The SMILES string of the molecule is COc1ccc([N+](=O)[O-])cc1C[C@@H](NC(=O)[C@@H](NC(=O)OCc1ccccc1)C(C)C)C(N)=O. The number of non-ortho nitro benzene ring substituents is 1. The molecule has 4 N–H and O–H groups in total. The summed E-state index contributed by atoms with van der Waals surface area (Å²) in [6.45, 7) is 3.45. The summed E-state index contributed by atoms with van der Waals surface area (Å²) in [5, 5.41) is 16.1. The smallest absolute Gasteiger partial charge is 0.408 e. The Morgan fingerprint density at radius 1 is 1.09 bits per heavy atom. The molecule has 2 atom stereocenters. The second-order valence-corrected chi connectivity index (χ2v) is 7.85. The van der Waals surface area contributed by atoms with E-state index in [1.165, 1.54) is 25.3 Å². The number of nitrogens with one attached hydrogen (secondary N) is 2. The van der Waals surface area contributed by atoms with E-state index in [0.29, 0.717) is 11.3 Å². The fourth-order valence-electron chi connectivity index (χ4n) is 3.17. The van der Waals surface area contributed by atoms with Crippen LogP contribution >= 0.6 is 0 Å². The molecule has 2 aromatic rings. The topological polar surface area (TPSA) is 163 Å². The first-order valence-corrected chi connectivity index (χ1v) is 10.5. The maximum Gasteiger partial charge on any atom is 0.408 e. The van der Waals surface area contributed by atoms with Crippen LogP contribution in [-0.2, 0) is 27.4 Å². The zero-order valence-electron chi connectivity index (χ0n) is 19.1. The van der Waals surface area contributed by atoms with Crippen LogP contribution in [0.4, 0.5) is 10.5 Å². The minimum atomic E-state index is -1.20. The van der Waals surface area contributed by atoms with E-state index >= 15 is 0 Å². The van der Waals surface area contributed by atoms with E-state index in [0.717, 1.165) is 5.56 Å². The number of nitrogens with two attached hydrogens (primary N) is 1. The number of rotatable bonds is 11. The number of amides is 3. The monoisotopic (exact) mass is 472 g/mol. The number of ether oxygens (including phenoxy) is 2. The van der Waals surface area contributed by atoms with Gasteiger partial charge in [-0.25, -0.2) is 4.79 Å². The van der Waals surface area contributed by atoms with Gasteiger partial charge in [0.25, 0.3) is 5.69 Å². The molecule has 0 fully saturated rings. The van der Waals surface area contributed by atoms with Crippen LogP contribution < -0.4 is 21.1 Å². The summed E-state index contributed by atoms with van der Waals surface area (Å²) in [7, 11) is 1.38. The van der Waals surface area contributed by atoms with Crippen LogP contribution in [0.1, 0.15) is 25.0 Å². The van der Waals surface area contributed by atoms with Gasteiger partial charge in [0.2, 0.25) is 11.8 Å². The molecular formula is C23H28N4O7. The second-order valence-electron chi connectivity index (χ2n) is 7.85. The Morgan fingerprint density at radius 2 is 1.76 bits per heavy atom. The highest BCUT2D eigenvalue weighted by atomic mass is 16.6. The molecule has 0 saturated carbocycles. The molecule has 34 heavy (non-hydrogen) atoms. The minimum absolute atomic E-state index is 0.0234. The molecule has 11 heteroatoms. The fraction of sp³-hybridized carbons (Fsp3) is 0.348. The number of alkyl carbamates (subject to hydrolysis) is 1. The van der Waals surface area contributed by atoms with E-state index in [4.69, 9.17) is 15.2 Å². The van der Waals surface area contributed by atoms with Crippen LogP contribution in [0.3, 0.4) is 0 Å². The van der Waals surface area contributed by atoms with Gasteiger partial charge < -0.3 is 25.8 Å². The number of primary amides is 1. The number of nitro benzene ring substituents is 1. The summed E-state index contributed by atoms with van der Waals surface area (Å²) >= 11 is 0. The van der Waals surface area contributed by atoms with Crippen LogP contribution in [0.15, 0.2) is 48.5 Å². The van der Waals surface area contributed by atoms with E-state index in [9.17, 15) is 24.5 Å². The number of carbonyl (C=O) groups is 3. The third-order valence-corrected chi connectivity index (χ3v) is 4.99. The molecule has 0 unspecified atom stereocenters. The van der Waals surface area contributed by atoms with E-state index in [2.05, 4.69) is 10.6 Å². The molecule has 0 heterocycles. The molecular weight excluding hydrogens is 444 g/mol. The molecule has 0 aliphatic rings. The van der Waals surface area contributed by atoms with Crippen molar-refractivity contribution in [1.82, 2.24) is 10.6 Å². The van der Waals surface area contributed by atoms with Crippen molar-refractivity contribution in [1.29, 1.82) is 0 Å². The number of carbonyl (C=O) groups excluding carboxylic acids is 3. The third-order valence-electron chi connectivity index (χ3n) is 4.99. The largest absolute Gasteiger partial charge is 0.496 e. The molecule has 0 aliphatic carbocycles. The van der Waals surface area contributed by atoms with Crippen molar-refractivity contribution < 1.29 is 28.8 Å². The molecule has 3 amide bonds. The van der Waals surface area contributed by atoms with Gasteiger partial charge >= 0.3 is 6.09 Å². The standard InChI is InChI=1S/C23H28N4O7/c1-14(2)20(26-23(30)34-13-15-7-5-4-6-8-15)22(29)25-18(21(24)28)12-16-11-17(27(31)32)9-10-19(16)33-3/h4-11,14,18,20H,12-13H2,1-3H3,(H2,24,28)(H,25,29)(H,26,30)/t18-,20+/m1/s1. The van der Waals surface area contributed by atoms with Crippen molar-refractivity contribution in [3.05, 3.63) is 69.8 Å². The number of hydrogen-bond donors (Lipinski definition) is 3. The maximum absolute atomic E-state index is 12.9. The Labute approximate surface area is 196 Å². The lowest BCUT2D eigenvalue weighted by atomic mass is 10.0. The Hall–Kier alpha value is -4.15. The van der Waals surface area contributed by atoms with Crippen LogP contribution in [0.25, 0.3) is 0 Å². The van der Waals surface area contributed by atoms with Gasteiger partial charge in [-0.15, -0.1) is 0 Å². The van der Waals surface area contributed by atoms with Crippen LogP contribution in [0, 0.1) is 16.0 Å². The first-order valence-electron chi connectivity index (χ1n) is 10.5. The summed E-state index contributed by atoms with van der Waals surface area (Å²) in [5.74, 6) is -1.55. The van der Waals surface area contributed by atoms with Gasteiger partial charge in [-0.3, -0.25) is 19.7 Å². The number of methoxy groups -OCH3 is 1. The summed E-state index contributed by atoms with van der Waals surface area (Å²) in [6, 6.07) is 10.7. The molecule has 11 nitrogen and oxygen atoms in total. The predicted molar refractivity (Wildman–Crippen MR) is 123 cm³/mol. The molecule has 0 aromatic heterocycles. The lowest BCUT2D eigenvalue weighted by Crippen LogP contribution is -2.55. The van der Waals surface area contributed by atoms with Crippen LogP contribution in [-0.4, -0.2) is 42.0 Å². The van der Waals surface area contributed by atoms with Gasteiger partial charge in [0.05, 0.1) is 12.0 Å². The normalized spacial score (nSPS) is 12.4. The average Bonchev–Trinajstić information content (AvgIpc) is 2.80. The van der Waals surface area contributed by atoms with Crippen molar-refractivity contribution in [2.75, 3.05) is 7.11 Å². The highest BCUT2D eigenvalue weighted by molar-refractivity contribution is 5.91. The summed E-state index contributed by atoms with van der Waals surface area (Å²) in [6.07, 6.45) is -0.941. The number of benzene rings is 2. The van der Waals surface area contributed by atoms with Crippen molar-refractivity contribution in [3.63, 3.8) is 0 Å². The lowest BCUT2D eigenvalue weighted by molar-refractivity contribution is -0.384. The summed E-state index contributed by atoms with van der Waals surface area (Å²) < 4.78 is 10.4. The molecule has 2 rings (SSSR count). The number of nitrogens with zero attached hydrogens (tertiary/aromatic N) is 1. The number of nitro groups is 1. The van der Waals surface area contributed by atoms with Crippen molar-refractivity contribution in [3.8, 4) is 5.75 Å². The van der Waals surface area contributed by atoms with Gasteiger partial charge in [-0.05, 0) is 17.5 Å². The van der Waals surface area contributed by atoms with E-state index in [1.807, 2.05) is 6.07 Å². The molecule has 182 valence electrons. The summed E-state index contributed by atoms with van der Waals surface area (Å²) in [4.78, 5) is 47.7. The molecule has 0 bridgehead atoms. The van der Waals surface area contributed by atoms with Crippen molar-refractivity contribution >= 4 is 23.6 Å². The van der Waals surface area contributed by atoms with E-state index in [-0.39, 0.29) is 24.6 Å². The van der Waals surface area contributed by atoms with E-state index in [1.54, 1.807) is 38.1 Å². The minimum Gasteiger partial charge on any atom is -0.496 e. The Balaban J connectivity index is 2.10. The molecule has 2 aromatic carbocycles. The van der Waals surface area contributed by atoms with Crippen LogP contribution in [0.2, 0.25) is 0 Å². The van der Waals surface area contributed by atoms with Gasteiger partial charge in [-0.2, -0.15) is 0 Å². The van der Waals surface area contributed by atoms with Crippen molar-refractivity contribution in [2.45, 2.75) is 39.0 Å². The Morgan fingerprint density at radius 3 is 2.32 bits per heavy atom. The molecule has 0 aliphatic heterocycles. The molecule has 0 saturated heterocycles. The van der Waals surface area contributed by atoms with Gasteiger partial charge in [-0.1, -0.05) is 44.2 Å². The lowest BCUT2D eigenvalue weighted by Gasteiger charge is -2.24. The fourth-order valence-corrected chi connectivity index (χ4v) is 3.17. The third kappa shape index (κ3) is 7.47. The highest BCUT2D eigenvalue weighted by Crippen LogP contribution is 2.25.